The molecule has 2 aromatic carbocycles. The van der Waals surface area contributed by atoms with Crippen molar-refractivity contribution in [1.82, 2.24) is 9.80 Å². The minimum Gasteiger partial charge on any atom is -0.342 e. The highest BCUT2D eigenvalue weighted by molar-refractivity contribution is 5.76. The van der Waals surface area contributed by atoms with E-state index in [9.17, 15) is 4.79 Å². The maximum Gasteiger partial charge on any atom is 0.222 e. The van der Waals surface area contributed by atoms with Crippen LogP contribution in [0.5, 0.6) is 0 Å². The van der Waals surface area contributed by atoms with Gasteiger partial charge in [-0.05, 0) is 56.7 Å². The van der Waals surface area contributed by atoms with Crippen LogP contribution in [0.25, 0.3) is 0 Å². The molecule has 154 valence electrons. The number of amides is 1. The quantitative estimate of drug-likeness (QED) is 0.705. The maximum atomic E-state index is 12.8. The van der Waals surface area contributed by atoms with Gasteiger partial charge in [0.25, 0.3) is 0 Å². The Hall–Kier alpha value is -2.13. The Kier molecular flexibility index (Phi) is 6.34. The fraction of sp³-hybridized carbons (Fsp3) is 0.500. The van der Waals surface area contributed by atoms with Crippen LogP contribution >= 0.6 is 0 Å². The zero-order valence-corrected chi connectivity index (χ0v) is 17.8. The first-order valence-electron chi connectivity index (χ1n) is 11.2. The van der Waals surface area contributed by atoms with Gasteiger partial charge in [-0.3, -0.25) is 9.69 Å². The maximum absolute atomic E-state index is 12.8. The summed E-state index contributed by atoms with van der Waals surface area (Å²) in [7, 11) is 0. The molecule has 1 spiro atoms. The Labute approximate surface area is 175 Å². The molecule has 0 radical (unpaired) electrons. The van der Waals surface area contributed by atoms with Gasteiger partial charge in [0.15, 0.2) is 0 Å². The molecule has 2 saturated heterocycles. The summed E-state index contributed by atoms with van der Waals surface area (Å²) in [4.78, 5) is 17.6. The number of carbonyl (C=O) groups excluding carboxylic acids is 1. The molecule has 0 N–H and O–H groups in total. The van der Waals surface area contributed by atoms with Crippen LogP contribution in [0.1, 0.15) is 48.8 Å². The van der Waals surface area contributed by atoms with Gasteiger partial charge in [-0.2, -0.15) is 0 Å². The Bertz CT molecular complexity index is 818. The molecule has 3 nitrogen and oxygen atoms in total. The van der Waals surface area contributed by atoms with Gasteiger partial charge < -0.3 is 4.90 Å². The van der Waals surface area contributed by atoms with E-state index in [-0.39, 0.29) is 0 Å². The van der Waals surface area contributed by atoms with Crippen LogP contribution in [0.4, 0.5) is 0 Å². The molecule has 0 bridgehead atoms. The van der Waals surface area contributed by atoms with Crippen LogP contribution in [0.3, 0.4) is 0 Å². The monoisotopic (exact) mass is 390 g/mol. The molecule has 0 aliphatic carbocycles. The lowest BCUT2D eigenvalue weighted by Gasteiger charge is -2.40. The van der Waals surface area contributed by atoms with E-state index in [2.05, 4.69) is 65.3 Å². The summed E-state index contributed by atoms with van der Waals surface area (Å²) in [6.07, 6.45) is 6.31. The van der Waals surface area contributed by atoms with Crippen LogP contribution in [0.2, 0.25) is 0 Å². The van der Waals surface area contributed by atoms with Crippen molar-refractivity contribution in [2.75, 3.05) is 26.2 Å². The summed E-state index contributed by atoms with van der Waals surface area (Å²) in [5, 5.41) is 0. The number of carbonyl (C=O) groups is 1. The van der Waals surface area contributed by atoms with Crippen LogP contribution in [0.15, 0.2) is 54.6 Å². The Morgan fingerprint density at radius 2 is 1.79 bits per heavy atom. The number of benzene rings is 2. The minimum atomic E-state index is 0.317. The number of hydrogen-bond acceptors (Lipinski definition) is 2. The molecular weight excluding hydrogens is 356 g/mol. The molecular formula is C26H34N2O. The van der Waals surface area contributed by atoms with Gasteiger partial charge in [0.1, 0.15) is 0 Å². The van der Waals surface area contributed by atoms with Crippen molar-refractivity contribution in [3.8, 4) is 0 Å². The van der Waals surface area contributed by atoms with Crippen molar-refractivity contribution in [2.24, 2.45) is 5.41 Å². The number of piperidine rings is 1. The molecule has 1 atom stereocenters. The van der Waals surface area contributed by atoms with Gasteiger partial charge in [-0.1, -0.05) is 60.2 Å². The number of hydrogen-bond donors (Lipinski definition) is 0. The minimum absolute atomic E-state index is 0.317. The molecule has 0 saturated carbocycles. The first-order valence-corrected chi connectivity index (χ1v) is 11.2. The molecule has 0 unspecified atom stereocenters. The van der Waals surface area contributed by atoms with Crippen molar-refractivity contribution >= 4 is 5.91 Å². The van der Waals surface area contributed by atoms with Gasteiger partial charge in [0, 0.05) is 38.0 Å². The third kappa shape index (κ3) is 5.27. The van der Waals surface area contributed by atoms with Crippen molar-refractivity contribution in [2.45, 2.75) is 52.0 Å². The number of likely N-dealkylation sites (tertiary alicyclic amines) is 2. The Morgan fingerprint density at radius 3 is 2.62 bits per heavy atom. The third-order valence-corrected chi connectivity index (χ3v) is 6.72. The van der Waals surface area contributed by atoms with E-state index in [1.54, 1.807) is 0 Å². The largest absolute Gasteiger partial charge is 0.342 e. The second kappa shape index (κ2) is 9.13. The summed E-state index contributed by atoms with van der Waals surface area (Å²) >= 11 is 0. The topological polar surface area (TPSA) is 23.6 Å². The lowest BCUT2D eigenvalue weighted by molar-refractivity contribution is -0.130. The smallest absolute Gasteiger partial charge is 0.222 e. The predicted molar refractivity (Wildman–Crippen MR) is 119 cm³/mol. The second-order valence-electron chi connectivity index (χ2n) is 9.21. The van der Waals surface area contributed by atoms with Crippen molar-refractivity contribution in [3.63, 3.8) is 0 Å². The molecule has 2 aliphatic heterocycles. The summed E-state index contributed by atoms with van der Waals surface area (Å²) in [6, 6.07) is 19.4. The Morgan fingerprint density at radius 1 is 0.966 bits per heavy atom. The van der Waals surface area contributed by atoms with Gasteiger partial charge in [-0.25, -0.2) is 0 Å². The first kappa shape index (κ1) is 20.2. The molecule has 2 aromatic rings. The molecule has 2 fully saturated rings. The predicted octanol–water partition coefficient (Wildman–Crippen LogP) is 4.83. The lowest BCUT2D eigenvalue weighted by atomic mass is 9.79. The molecule has 1 amide bonds. The summed E-state index contributed by atoms with van der Waals surface area (Å²) in [5.74, 6) is 0.355. The zero-order chi connectivity index (χ0) is 20.1. The highest BCUT2D eigenvalue weighted by atomic mass is 16.2. The van der Waals surface area contributed by atoms with Crippen LogP contribution in [-0.4, -0.2) is 41.9 Å². The third-order valence-electron chi connectivity index (χ3n) is 6.72. The molecule has 29 heavy (non-hydrogen) atoms. The summed E-state index contributed by atoms with van der Waals surface area (Å²) in [6.45, 7) is 7.42. The SMILES string of the molecule is Cc1cccc(CN2CCC[C@]3(CCN(C(=O)CCCc4ccccc4)C3)C2)c1. The van der Waals surface area contributed by atoms with Crippen LogP contribution in [-0.2, 0) is 17.8 Å². The van der Waals surface area contributed by atoms with Gasteiger partial charge in [-0.15, -0.1) is 0 Å². The van der Waals surface area contributed by atoms with E-state index in [1.807, 2.05) is 6.07 Å². The average Bonchev–Trinajstić information content (AvgIpc) is 3.12. The lowest BCUT2D eigenvalue weighted by Crippen LogP contribution is -2.45. The Balaban J connectivity index is 1.27. The fourth-order valence-electron chi connectivity index (χ4n) is 5.24. The summed E-state index contributed by atoms with van der Waals surface area (Å²) in [5.41, 5.74) is 4.39. The standard InChI is InChI=1S/C26H34N2O/c1-22-8-5-12-24(18-22)19-27-16-7-14-26(20-27)15-17-28(21-26)25(29)13-6-11-23-9-3-2-4-10-23/h2-5,8-10,12,18H,6-7,11,13-17,19-21H2,1H3/t26-/m0/s1. The highest BCUT2D eigenvalue weighted by Crippen LogP contribution is 2.39. The normalized spacial score (nSPS) is 22.3. The number of aryl methyl sites for hydroxylation is 2. The van der Waals surface area contributed by atoms with Crippen molar-refractivity contribution in [1.29, 1.82) is 0 Å². The number of rotatable bonds is 6. The average molecular weight is 391 g/mol. The van der Waals surface area contributed by atoms with Gasteiger partial charge in [0.2, 0.25) is 5.91 Å². The van der Waals surface area contributed by atoms with E-state index >= 15 is 0 Å². The molecule has 2 aliphatic rings. The van der Waals surface area contributed by atoms with E-state index in [0.29, 0.717) is 17.7 Å². The van der Waals surface area contributed by atoms with Crippen LogP contribution in [0, 0.1) is 12.3 Å². The van der Waals surface area contributed by atoms with Crippen molar-refractivity contribution < 1.29 is 4.79 Å². The van der Waals surface area contributed by atoms with E-state index in [4.69, 9.17) is 0 Å². The van der Waals surface area contributed by atoms with Crippen LogP contribution < -0.4 is 0 Å². The van der Waals surface area contributed by atoms with E-state index in [0.717, 1.165) is 39.0 Å². The molecule has 2 heterocycles. The van der Waals surface area contributed by atoms with E-state index < -0.39 is 0 Å². The zero-order valence-electron chi connectivity index (χ0n) is 17.8. The molecule has 4 rings (SSSR count). The first-order chi connectivity index (χ1) is 14.1. The molecule has 0 aromatic heterocycles. The van der Waals surface area contributed by atoms with E-state index in [1.165, 1.54) is 42.5 Å². The summed E-state index contributed by atoms with van der Waals surface area (Å²) < 4.78 is 0. The van der Waals surface area contributed by atoms with Gasteiger partial charge >= 0.3 is 0 Å². The van der Waals surface area contributed by atoms with Crippen molar-refractivity contribution in [3.05, 3.63) is 71.3 Å². The second-order valence-corrected chi connectivity index (χ2v) is 9.21. The fourth-order valence-corrected chi connectivity index (χ4v) is 5.24. The number of nitrogens with zero attached hydrogens (tertiary/aromatic N) is 2. The van der Waals surface area contributed by atoms with Gasteiger partial charge in [0.05, 0.1) is 0 Å². The molecule has 3 heteroatoms. The highest BCUT2D eigenvalue weighted by Gasteiger charge is 2.42.